The Hall–Kier alpha value is -3.66. The van der Waals surface area contributed by atoms with Gasteiger partial charge in [0.25, 0.3) is 5.91 Å². The van der Waals surface area contributed by atoms with E-state index in [-0.39, 0.29) is 23.7 Å². The molecule has 0 aliphatic carbocycles. The summed E-state index contributed by atoms with van der Waals surface area (Å²) < 4.78 is 58.8. The zero-order valence-electron chi connectivity index (χ0n) is 18.0. The van der Waals surface area contributed by atoms with Crippen LogP contribution in [0.2, 0.25) is 0 Å². The SMILES string of the molecule is O=C(NCc1ccccc1OCC(F)(F)F)c1nn(-c2ccccc2F)c(-c2ccccc2)c1Br. The molecule has 0 saturated heterocycles. The van der Waals surface area contributed by atoms with Gasteiger partial charge in [-0.1, -0.05) is 60.7 Å². The molecule has 1 amide bonds. The van der Waals surface area contributed by atoms with E-state index >= 15 is 0 Å². The van der Waals surface area contributed by atoms with Crippen LogP contribution in [-0.2, 0) is 6.54 Å². The summed E-state index contributed by atoms with van der Waals surface area (Å²) in [6.07, 6.45) is -4.49. The van der Waals surface area contributed by atoms with Gasteiger partial charge < -0.3 is 10.1 Å². The van der Waals surface area contributed by atoms with Crippen LogP contribution >= 0.6 is 15.9 Å². The molecule has 4 rings (SSSR count). The van der Waals surface area contributed by atoms with Gasteiger partial charge in [0.15, 0.2) is 12.3 Å². The number of hydrogen-bond donors (Lipinski definition) is 1. The molecular formula is C25H18BrF4N3O2. The zero-order chi connectivity index (χ0) is 25.0. The summed E-state index contributed by atoms with van der Waals surface area (Å²) in [7, 11) is 0. The lowest BCUT2D eigenvalue weighted by Gasteiger charge is -2.13. The van der Waals surface area contributed by atoms with E-state index in [1.54, 1.807) is 48.5 Å². The quantitative estimate of drug-likeness (QED) is 0.276. The van der Waals surface area contributed by atoms with E-state index in [0.717, 1.165) is 0 Å². The summed E-state index contributed by atoms with van der Waals surface area (Å²) in [5.74, 6) is -1.12. The summed E-state index contributed by atoms with van der Waals surface area (Å²) in [4.78, 5) is 13.0. The molecule has 3 aromatic carbocycles. The van der Waals surface area contributed by atoms with Crippen LogP contribution in [0.1, 0.15) is 16.1 Å². The largest absolute Gasteiger partial charge is 0.484 e. The van der Waals surface area contributed by atoms with Crippen LogP contribution in [-0.4, -0.2) is 28.5 Å². The van der Waals surface area contributed by atoms with Crippen molar-refractivity contribution in [2.75, 3.05) is 6.61 Å². The molecule has 35 heavy (non-hydrogen) atoms. The van der Waals surface area contributed by atoms with E-state index in [9.17, 15) is 22.4 Å². The van der Waals surface area contributed by atoms with Crippen LogP contribution in [0.15, 0.2) is 83.3 Å². The summed E-state index contributed by atoms with van der Waals surface area (Å²) in [5.41, 5.74) is 1.66. The number of rotatable bonds is 7. The number of para-hydroxylation sites is 2. The van der Waals surface area contributed by atoms with Crippen LogP contribution in [0.4, 0.5) is 17.6 Å². The average molecular weight is 548 g/mol. The number of aromatic nitrogens is 2. The zero-order valence-corrected chi connectivity index (χ0v) is 19.6. The third-order valence-electron chi connectivity index (χ3n) is 4.97. The normalized spacial score (nSPS) is 11.3. The fourth-order valence-electron chi connectivity index (χ4n) is 3.40. The molecule has 0 radical (unpaired) electrons. The molecule has 180 valence electrons. The van der Waals surface area contributed by atoms with Gasteiger partial charge in [0.1, 0.15) is 17.3 Å². The lowest BCUT2D eigenvalue weighted by Crippen LogP contribution is -2.25. The van der Waals surface area contributed by atoms with Crippen molar-refractivity contribution in [1.29, 1.82) is 0 Å². The maximum Gasteiger partial charge on any atom is 0.422 e. The number of nitrogens with zero attached hydrogens (tertiary/aromatic N) is 2. The number of nitrogens with one attached hydrogen (secondary N) is 1. The van der Waals surface area contributed by atoms with Crippen LogP contribution in [0, 0.1) is 5.82 Å². The van der Waals surface area contributed by atoms with Crippen molar-refractivity contribution in [1.82, 2.24) is 15.1 Å². The second-order valence-electron chi connectivity index (χ2n) is 7.43. The van der Waals surface area contributed by atoms with Crippen molar-refractivity contribution in [2.45, 2.75) is 12.7 Å². The molecule has 1 N–H and O–H groups in total. The molecule has 5 nitrogen and oxygen atoms in total. The lowest BCUT2D eigenvalue weighted by atomic mass is 10.1. The number of amides is 1. The first-order valence-electron chi connectivity index (χ1n) is 10.4. The van der Waals surface area contributed by atoms with Crippen molar-refractivity contribution in [3.63, 3.8) is 0 Å². The molecule has 10 heteroatoms. The minimum absolute atomic E-state index is 0.00560. The number of hydrogen-bond acceptors (Lipinski definition) is 3. The van der Waals surface area contributed by atoms with Gasteiger partial charge in [-0.2, -0.15) is 18.3 Å². The van der Waals surface area contributed by atoms with Crippen molar-refractivity contribution in [3.8, 4) is 22.7 Å². The second-order valence-corrected chi connectivity index (χ2v) is 8.23. The molecule has 0 atom stereocenters. The Kier molecular flexibility index (Phi) is 7.20. The first-order chi connectivity index (χ1) is 16.7. The van der Waals surface area contributed by atoms with E-state index in [1.165, 1.54) is 28.9 Å². The van der Waals surface area contributed by atoms with Crippen molar-refractivity contribution in [2.24, 2.45) is 0 Å². The smallest absolute Gasteiger partial charge is 0.422 e. The molecule has 4 aromatic rings. The number of ether oxygens (including phenoxy) is 1. The average Bonchev–Trinajstić information content (AvgIpc) is 3.19. The lowest BCUT2D eigenvalue weighted by molar-refractivity contribution is -0.153. The molecule has 0 spiro atoms. The summed E-state index contributed by atoms with van der Waals surface area (Å²) in [5, 5.41) is 7.01. The van der Waals surface area contributed by atoms with E-state index < -0.39 is 24.5 Å². The van der Waals surface area contributed by atoms with Crippen LogP contribution in [0.3, 0.4) is 0 Å². The van der Waals surface area contributed by atoms with Gasteiger partial charge in [0.2, 0.25) is 0 Å². The van der Waals surface area contributed by atoms with Gasteiger partial charge >= 0.3 is 6.18 Å². The Morgan fingerprint density at radius 1 is 0.971 bits per heavy atom. The predicted octanol–water partition coefficient (Wildman–Crippen LogP) is 6.31. The third-order valence-corrected chi connectivity index (χ3v) is 5.73. The fourth-order valence-corrected chi connectivity index (χ4v) is 4.05. The van der Waals surface area contributed by atoms with Crippen molar-refractivity contribution in [3.05, 3.63) is 100 Å². The maximum atomic E-state index is 14.6. The Morgan fingerprint density at radius 2 is 1.63 bits per heavy atom. The van der Waals surface area contributed by atoms with Crippen molar-refractivity contribution < 1.29 is 27.1 Å². The minimum atomic E-state index is -4.49. The molecular weight excluding hydrogens is 530 g/mol. The van der Waals surface area contributed by atoms with Crippen LogP contribution in [0.25, 0.3) is 16.9 Å². The Morgan fingerprint density at radius 3 is 2.34 bits per heavy atom. The minimum Gasteiger partial charge on any atom is -0.484 e. The highest BCUT2D eigenvalue weighted by Crippen LogP contribution is 2.34. The van der Waals surface area contributed by atoms with Crippen molar-refractivity contribution >= 4 is 21.8 Å². The first kappa shape index (κ1) is 24.5. The van der Waals surface area contributed by atoms with Gasteiger partial charge in [-0.3, -0.25) is 4.79 Å². The fraction of sp³-hybridized carbons (Fsp3) is 0.120. The van der Waals surface area contributed by atoms with E-state index in [2.05, 4.69) is 26.3 Å². The van der Waals surface area contributed by atoms with Crippen LogP contribution in [0.5, 0.6) is 5.75 Å². The predicted molar refractivity (Wildman–Crippen MR) is 126 cm³/mol. The first-order valence-corrected chi connectivity index (χ1v) is 11.2. The monoisotopic (exact) mass is 547 g/mol. The standard InChI is InChI=1S/C25H18BrF4N3O2/c26-21-22(24(34)31-14-17-10-4-7-13-20(17)35-15-25(28,29)30)32-33(19-12-6-5-11-18(19)27)23(21)16-8-2-1-3-9-16/h1-13H,14-15H2,(H,31,34). The number of benzene rings is 3. The van der Waals surface area contributed by atoms with E-state index in [0.29, 0.717) is 21.3 Å². The third kappa shape index (κ3) is 5.71. The molecule has 0 aliphatic rings. The number of carbonyl (C=O) groups excluding carboxylic acids is 1. The highest BCUT2D eigenvalue weighted by Gasteiger charge is 2.29. The molecule has 1 aromatic heterocycles. The number of carbonyl (C=O) groups is 1. The molecule has 1 heterocycles. The van der Waals surface area contributed by atoms with Gasteiger partial charge in [-0.15, -0.1) is 0 Å². The van der Waals surface area contributed by atoms with Gasteiger partial charge in [-0.05, 0) is 34.1 Å². The van der Waals surface area contributed by atoms with Crippen LogP contribution < -0.4 is 10.1 Å². The van der Waals surface area contributed by atoms with Gasteiger partial charge in [-0.25, -0.2) is 9.07 Å². The highest BCUT2D eigenvalue weighted by molar-refractivity contribution is 9.10. The second kappa shape index (κ2) is 10.3. The van der Waals surface area contributed by atoms with Gasteiger partial charge in [0, 0.05) is 17.7 Å². The highest BCUT2D eigenvalue weighted by atomic mass is 79.9. The van der Waals surface area contributed by atoms with E-state index in [4.69, 9.17) is 4.74 Å². The Labute approximate surface area is 206 Å². The Bertz CT molecular complexity index is 1340. The maximum absolute atomic E-state index is 14.6. The Balaban J connectivity index is 1.64. The topological polar surface area (TPSA) is 56.1 Å². The molecule has 0 bridgehead atoms. The summed E-state index contributed by atoms with van der Waals surface area (Å²) in [6, 6.07) is 21.2. The number of halogens is 5. The van der Waals surface area contributed by atoms with Gasteiger partial charge in [0.05, 0.1) is 10.2 Å². The molecule has 0 aliphatic heterocycles. The van der Waals surface area contributed by atoms with E-state index in [1.807, 2.05) is 6.07 Å². The molecule has 0 saturated carbocycles. The number of alkyl halides is 3. The molecule has 0 fully saturated rings. The summed E-state index contributed by atoms with van der Waals surface area (Å²) in [6.45, 7) is -1.55. The summed E-state index contributed by atoms with van der Waals surface area (Å²) >= 11 is 3.43. The molecule has 0 unspecified atom stereocenters.